The number of rotatable bonds is 4. The molecule has 0 spiro atoms. The van der Waals surface area contributed by atoms with Crippen molar-refractivity contribution in [3.05, 3.63) is 41.4 Å². The summed E-state index contributed by atoms with van der Waals surface area (Å²) in [6.45, 7) is 6.54. The van der Waals surface area contributed by atoms with Crippen molar-refractivity contribution >= 4 is 11.9 Å². The van der Waals surface area contributed by atoms with Gasteiger partial charge in [0.05, 0.1) is 5.69 Å². The highest BCUT2D eigenvalue weighted by Crippen LogP contribution is 2.23. The summed E-state index contributed by atoms with van der Waals surface area (Å²) in [6.07, 6.45) is 0.934. The molecule has 9 nitrogen and oxygen atoms in total. The minimum Gasteiger partial charge on any atom is -0.458 e. The van der Waals surface area contributed by atoms with Crippen LogP contribution in [-0.2, 0) is 4.74 Å². The summed E-state index contributed by atoms with van der Waals surface area (Å²) in [7, 11) is 0. The molecule has 3 aromatic rings. The van der Waals surface area contributed by atoms with Crippen molar-refractivity contribution in [1.29, 1.82) is 0 Å². The van der Waals surface area contributed by atoms with E-state index in [1.165, 1.54) is 0 Å². The van der Waals surface area contributed by atoms with Crippen molar-refractivity contribution in [1.82, 2.24) is 25.1 Å². The Morgan fingerprint density at radius 3 is 2.79 bits per heavy atom. The van der Waals surface area contributed by atoms with E-state index in [-0.39, 0.29) is 6.23 Å². The van der Waals surface area contributed by atoms with Crippen LogP contribution in [0.2, 0.25) is 0 Å². The van der Waals surface area contributed by atoms with Crippen molar-refractivity contribution < 1.29 is 13.9 Å². The molecule has 2 N–H and O–H groups in total. The molecule has 28 heavy (non-hydrogen) atoms. The first-order chi connectivity index (χ1) is 13.5. The van der Waals surface area contributed by atoms with Gasteiger partial charge in [-0.05, 0) is 58.4 Å². The van der Waals surface area contributed by atoms with Gasteiger partial charge in [0.15, 0.2) is 23.6 Å². The molecule has 1 aliphatic rings. The van der Waals surface area contributed by atoms with Crippen LogP contribution in [0.4, 0.5) is 10.6 Å². The first-order valence-electron chi connectivity index (χ1n) is 9.18. The van der Waals surface area contributed by atoms with Gasteiger partial charge < -0.3 is 9.15 Å². The fourth-order valence-electron chi connectivity index (χ4n) is 3.15. The molecule has 146 valence electrons. The van der Waals surface area contributed by atoms with E-state index < -0.39 is 6.09 Å². The van der Waals surface area contributed by atoms with E-state index in [9.17, 15) is 4.79 Å². The molecule has 1 atom stereocenters. The number of amides is 1. The maximum absolute atomic E-state index is 12.3. The normalized spacial score (nSPS) is 16.3. The van der Waals surface area contributed by atoms with Crippen molar-refractivity contribution in [3.8, 4) is 17.4 Å². The van der Waals surface area contributed by atoms with Gasteiger partial charge in [0, 0.05) is 11.8 Å². The van der Waals surface area contributed by atoms with E-state index in [1.54, 1.807) is 16.8 Å². The first-order valence-corrected chi connectivity index (χ1v) is 9.18. The lowest BCUT2D eigenvalue weighted by molar-refractivity contribution is 0.102. The Morgan fingerprint density at radius 2 is 2.14 bits per heavy atom. The maximum atomic E-state index is 12.3. The van der Waals surface area contributed by atoms with Gasteiger partial charge in [0.1, 0.15) is 11.6 Å². The SMILES string of the molecule is Cc1cc(C)n(-c2cc(NC(=O)OC3CCCN3)nc(-c3ccc(C)o3)n2)n1. The quantitative estimate of drug-likeness (QED) is 0.714. The Balaban J connectivity index is 1.67. The van der Waals surface area contributed by atoms with Crippen LogP contribution < -0.4 is 10.6 Å². The van der Waals surface area contributed by atoms with E-state index in [1.807, 2.05) is 32.9 Å². The minimum atomic E-state index is -0.570. The van der Waals surface area contributed by atoms with Gasteiger partial charge in [0.25, 0.3) is 0 Å². The molecule has 0 radical (unpaired) electrons. The number of nitrogens with one attached hydrogen (secondary N) is 2. The number of nitrogens with zero attached hydrogens (tertiary/aromatic N) is 4. The van der Waals surface area contributed by atoms with E-state index in [2.05, 4.69) is 25.7 Å². The first kappa shape index (κ1) is 18.2. The lowest BCUT2D eigenvalue weighted by Gasteiger charge is -2.13. The van der Waals surface area contributed by atoms with Crippen LogP contribution in [0.15, 0.2) is 28.7 Å². The zero-order valence-electron chi connectivity index (χ0n) is 16.0. The van der Waals surface area contributed by atoms with Gasteiger partial charge in [-0.1, -0.05) is 0 Å². The number of ether oxygens (including phenoxy) is 1. The maximum Gasteiger partial charge on any atom is 0.414 e. The summed E-state index contributed by atoms with van der Waals surface area (Å²) in [5.41, 5.74) is 1.79. The van der Waals surface area contributed by atoms with Crippen LogP contribution in [0.3, 0.4) is 0 Å². The predicted molar refractivity (Wildman–Crippen MR) is 102 cm³/mol. The monoisotopic (exact) mass is 382 g/mol. The number of furan rings is 1. The lowest BCUT2D eigenvalue weighted by Crippen LogP contribution is -2.30. The highest BCUT2D eigenvalue weighted by molar-refractivity contribution is 5.84. The predicted octanol–water partition coefficient (Wildman–Crippen LogP) is 3.11. The highest BCUT2D eigenvalue weighted by atomic mass is 16.6. The molecule has 9 heteroatoms. The fourth-order valence-corrected chi connectivity index (χ4v) is 3.15. The van der Waals surface area contributed by atoms with Crippen LogP contribution in [-0.4, -0.2) is 38.6 Å². The molecule has 1 unspecified atom stereocenters. The number of aromatic nitrogens is 4. The number of aryl methyl sites for hydroxylation is 3. The van der Waals surface area contributed by atoms with Gasteiger partial charge in [0.2, 0.25) is 0 Å². The second-order valence-corrected chi connectivity index (χ2v) is 6.80. The topological polar surface area (TPSA) is 107 Å². The molecule has 1 amide bonds. The Morgan fingerprint density at radius 1 is 1.29 bits per heavy atom. The van der Waals surface area contributed by atoms with E-state index >= 15 is 0 Å². The zero-order chi connectivity index (χ0) is 19.7. The molecular weight excluding hydrogens is 360 g/mol. The molecule has 4 heterocycles. The second kappa shape index (κ2) is 7.43. The van der Waals surface area contributed by atoms with Gasteiger partial charge >= 0.3 is 6.09 Å². The third-order valence-electron chi connectivity index (χ3n) is 4.39. The number of carbonyl (C=O) groups is 1. The summed E-state index contributed by atoms with van der Waals surface area (Å²) >= 11 is 0. The average molecular weight is 382 g/mol. The lowest BCUT2D eigenvalue weighted by atomic mass is 10.3. The van der Waals surface area contributed by atoms with Crippen molar-refractivity contribution in [2.75, 3.05) is 11.9 Å². The van der Waals surface area contributed by atoms with Crippen LogP contribution in [0.5, 0.6) is 0 Å². The number of anilines is 1. The molecule has 0 saturated carbocycles. The molecule has 4 rings (SSSR count). The Labute approximate surface area is 162 Å². The van der Waals surface area contributed by atoms with E-state index in [0.717, 1.165) is 36.5 Å². The molecular formula is C19H22N6O3. The third kappa shape index (κ3) is 3.89. The summed E-state index contributed by atoms with van der Waals surface area (Å²) < 4.78 is 12.7. The van der Waals surface area contributed by atoms with Crippen LogP contribution in [0.1, 0.15) is 30.0 Å². The summed E-state index contributed by atoms with van der Waals surface area (Å²) in [6, 6.07) is 7.23. The fraction of sp³-hybridized carbons (Fsp3) is 0.368. The standard InChI is InChI=1S/C19H22N6O3/c1-11-9-12(2)25(24-11)16-10-15(22-19(26)28-17-5-4-8-20-17)21-18(23-16)14-7-6-13(3)27-14/h6-7,9-10,17,20H,4-5,8H2,1-3H3,(H,21,22,23,26). The summed E-state index contributed by atoms with van der Waals surface area (Å²) in [5, 5.41) is 10.3. The van der Waals surface area contributed by atoms with Crippen molar-refractivity contribution in [2.45, 2.75) is 39.8 Å². The Kier molecular flexibility index (Phi) is 4.82. The van der Waals surface area contributed by atoms with Gasteiger partial charge in [-0.25, -0.2) is 19.4 Å². The minimum absolute atomic E-state index is 0.274. The summed E-state index contributed by atoms with van der Waals surface area (Å²) in [5.74, 6) is 2.45. The molecule has 3 aromatic heterocycles. The van der Waals surface area contributed by atoms with E-state index in [0.29, 0.717) is 23.2 Å². The third-order valence-corrected chi connectivity index (χ3v) is 4.39. The van der Waals surface area contributed by atoms with Gasteiger partial charge in [-0.2, -0.15) is 5.10 Å². The molecule has 0 aliphatic carbocycles. The molecule has 1 fully saturated rings. The smallest absolute Gasteiger partial charge is 0.414 e. The number of hydrogen-bond acceptors (Lipinski definition) is 7. The average Bonchev–Trinajstić information content (AvgIpc) is 3.37. The molecule has 1 aliphatic heterocycles. The van der Waals surface area contributed by atoms with Crippen LogP contribution in [0, 0.1) is 20.8 Å². The van der Waals surface area contributed by atoms with Gasteiger partial charge in [-0.3, -0.25) is 10.6 Å². The number of carbonyl (C=O) groups excluding carboxylic acids is 1. The number of hydrogen-bond donors (Lipinski definition) is 2. The van der Waals surface area contributed by atoms with Crippen molar-refractivity contribution in [3.63, 3.8) is 0 Å². The largest absolute Gasteiger partial charge is 0.458 e. The van der Waals surface area contributed by atoms with Crippen molar-refractivity contribution in [2.24, 2.45) is 0 Å². The highest BCUT2D eigenvalue weighted by Gasteiger charge is 2.20. The van der Waals surface area contributed by atoms with Crippen LogP contribution >= 0.6 is 0 Å². The summed E-state index contributed by atoms with van der Waals surface area (Å²) in [4.78, 5) is 21.2. The Hall–Kier alpha value is -3.20. The van der Waals surface area contributed by atoms with E-state index in [4.69, 9.17) is 9.15 Å². The molecule has 1 saturated heterocycles. The second-order valence-electron chi connectivity index (χ2n) is 6.80. The van der Waals surface area contributed by atoms with Gasteiger partial charge in [-0.15, -0.1) is 0 Å². The molecule has 0 aromatic carbocycles. The molecule has 0 bridgehead atoms. The zero-order valence-corrected chi connectivity index (χ0v) is 16.0. The Bertz CT molecular complexity index is 1000. The van der Waals surface area contributed by atoms with Crippen LogP contribution in [0.25, 0.3) is 17.4 Å².